The van der Waals surface area contributed by atoms with Gasteiger partial charge in [0.2, 0.25) is 0 Å². The van der Waals surface area contributed by atoms with Gasteiger partial charge in [-0.2, -0.15) is 0 Å². The summed E-state index contributed by atoms with van der Waals surface area (Å²) in [5.41, 5.74) is -1.38. The average Bonchev–Trinajstić information content (AvgIpc) is 3.26. The number of hydrogen-bond donors (Lipinski definition) is 0. The van der Waals surface area contributed by atoms with Gasteiger partial charge in [-0.3, -0.25) is 4.79 Å². The molecule has 0 bridgehead atoms. The van der Waals surface area contributed by atoms with Crippen molar-refractivity contribution in [3.63, 3.8) is 0 Å². The number of hydrogen-bond acceptors (Lipinski definition) is 4. The molecule has 1 unspecified atom stereocenters. The number of carbonyl (C=O) groups excluding carboxylic acids is 2. The monoisotopic (exact) mass is 354 g/mol. The first-order valence-corrected chi connectivity index (χ1v) is 9.54. The highest BCUT2D eigenvalue weighted by atomic mass is 16.6. The van der Waals surface area contributed by atoms with Crippen LogP contribution in [0.3, 0.4) is 0 Å². The van der Waals surface area contributed by atoms with Gasteiger partial charge in [0.25, 0.3) is 0 Å². The molecule has 0 aliphatic heterocycles. The summed E-state index contributed by atoms with van der Waals surface area (Å²) in [5.74, 6) is -0.342. The lowest BCUT2D eigenvalue weighted by Crippen LogP contribution is -2.46. The summed E-state index contributed by atoms with van der Waals surface area (Å²) < 4.78 is 11.0. The highest BCUT2D eigenvalue weighted by molar-refractivity contribution is 5.81. The van der Waals surface area contributed by atoms with Crippen molar-refractivity contribution in [2.24, 2.45) is 22.2 Å². The number of carbonyl (C=O) groups is 2. The SMILES string of the molecule is CCC(C)(C)C(C)(CC(C)(C)C)C(=O)OCC(=O)OC(C)(C)C1CC1. The minimum absolute atomic E-state index is 0.0192. The van der Waals surface area contributed by atoms with Crippen LogP contribution >= 0.6 is 0 Å². The van der Waals surface area contributed by atoms with E-state index in [4.69, 9.17) is 9.47 Å². The molecule has 0 aromatic heterocycles. The van der Waals surface area contributed by atoms with E-state index in [0.717, 1.165) is 19.3 Å². The lowest BCUT2D eigenvalue weighted by Gasteiger charge is -2.45. The fourth-order valence-electron chi connectivity index (χ4n) is 3.51. The van der Waals surface area contributed by atoms with Gasteiger partial charge in [-0.05, 0) is 63.2 Å². The molecule has 0 heterocycles. The molecule has 1 fully saturated rings. The molecule has 146 valence electrons. The molecule has 4 nitrogen and oxygen atoms in total. The molecule has 0 N–H and O–H groups in total. The van der Waals surface area contributed by atoms with E-state index in [1.807, 2.05) is 20.8 Å². The maximum atomic E-state index is 12.9. The third-order valence-electron chi connectivity index (χ3n) is 5.97. The highest BCUT2D eigenvalue weighted by Gasteiger charge is 2.49. The molecule has 0 amide bonds. The first-order valence-electron chi connectivity index (χ1n) is 9.54. The van der Waals surface area contributed by atoms with Crippen molar-refractivity contribution in [1.82, 2.24) is 0 Å². The largest absolute Gasteiger partial charge is 0.457 e. The summed E-state index contributed by atoms with van der Waals surface area (Å²) in [5, 5.41) is 0. The zero-order valence-corrected chi connectivity index (χ0v) is 17.7. The van der Waals surface area contributed by atoms with E-state index in [0.29, 0.717) is 12.3 Å². The third kappa shape index (κ3) is 5.72. The number of ether oxygens (including phenoxy) is 2. The molecule has 0 radical (unpaired) electrons. The van der Waals surface area contributed by atoms with Crippen LogP contribution in [0.2, 0.25) is 0 Å². The molecule has 1 aliphatic rings. The van der Waals surface area contributed by atoms with Crippen LogP contribution in [0.25, 0.3) is 0 Å². The predicted octanol–water partition coefficient (Wildman–Crippen LogP) is 5.14. The Balaban J connectivity index is 2.76. The maximum absolute atomic E-state index is 12.9. The number of esters is 2. The van der Waals surface area contributed by atoms with Crippen LogP contribution in [-0.4, -0.2) is 24.1 Å². The lowest BCUT2D eigenvalue weighted by molar-refractivity contribution is -0.178. The molecule has 0 spiro atoms. The van der Waals surface area contributed by atoms with Gasteiger partial charge in [-0.1, -0.05) is 41.5 Å². The van der Waals surface area contributed by atoms with Crippen molar-refractivity contribution in [2.45, 2.75) is 93.6 Å². The van der Waals surface area contributed by atoms with Crippen LogP contribution < -0.4 is 0 Å². The van der Waals surface area contributed by atoms with E-state index in [2.05, 4.69) is 41.5 Å². The van der Waals surface area contributed by atoms with E-state index < -0.39 is 17.0 Å². The van der Waals surface area contributed by atoms with Gasteiger partial charge in [0.15, 0.2) is 6.61 Å². The zero-order valence-electron chi connectivity index (χ0n) is 17.7. The molecule has 0 saturated heterocycles. The molecule has 1 saturated carbocycles. The molecule has 1 aliphatic carbocycles. The molecule has 0 aromatic carbocycles. The van der Waals surface area contributed by atoms with Gasteiger partial charge in [-0.15, -0.1) is 0 Å². The Labute approximate surface area is 154 Å². The Morgan fingerprint density at radius 1 is 0.960 bits per heavy atom. The van der Waals surface area contributed by atoms with E-state index in [9.17, 15) is 9.59 Å². The summed E-state index contributed by atoms with van der Waals surface area (Å²) in [6.07, 6.45) is 3.74. The highest BCUT2D eigenvalue weighted by Crippen LogP contribution is 2.49. The van der Waals surface area contributed by atoms with E-state index >= 15 is 0 Å². The van der Waals surface area contributed by atoms with Gasteiger partial charge in [0, 0.05) is 0 Å². The number of rotatable bonds is 8. The van der Waals surface area contributed by atoms with Crippen molar-refractivity contribution in [2.75, 3.05) is 6.61 Å². The maximum Gasteiger partial charge on any atom is 0.344 e. The molecule has 25 heavy (non-hydrogen) atoms. The molecule has 1 rings (SSSR count). The Bertz CT molecular complexity index is 495. The van der Waals surface area contributed by atoms with Gasteiger partial charge in [0.1, 0.15) is 5.60 Å². The van der Waals surface area contributed by atoms with Crippen molar-refractivity contribution >= 4 is 11.9 Å². The summed E-state index contributed by atoms with van der Waals surface area (Å²) in [4.78, 5) is 25.1. The predicted molar refractivity (Wildman–Crippen MR) is 100 cm³/mol. The Hall–Kier alpha value is -1.06. The summed E-state index contributed by atoms with van der Waals surface area (Å²) in [6, 6.07) is 0. The second-order valence-electron chi connectivity index (χ2n) is 10.2. The van der Waals surface area contributed by atoms with Crippen LogP contribution in [0.5, 0.6) is 0 Å². The fourth-order valence-corrected chi connectivity index (χ4v) is 3.51. The standard InChI is InChI=1S/C21H38O4/c1-10-19(5,6)21(9,14-18(2,3)4)17(23)24-13-16(22)25-20(7,8)15-11-12-15/h15H,10-14H2,1-9H3. The van der Waals surface area contributed by atoms with Gasteiger partial charge < -0.3 is 9.47 Å². The van der Waals surface area contributed by atoms with Crippen LogP contribution in [0.15, 0.2) is 0 Å². The fraction of sp³-hybridized carbons (Fsp3) is 0.905. The van der Waals surface area contributed by atoms with Gasteiger partial charge in [-0.25, -0.2) is 4.79 Å². The van der Waals surface area contributed by atoms with E-state index in [1.165, 1.54) is 0 Å². The molecular formula is C21H38O4. The van der Waals surface area contributed by atoms with Crippen molar-refractivity contribution < 1.29 is 19.1 Å². The summed E-state index contributed by atoms with van der Waals surface area (Å²) in [6.45, 7) is 18.1. The molecular weight excluding hydrogens is 316 g/mol. The Morgan fingerprint density at radius 3 is 1.88 bits per heavy atom. The second-order valence-corrected chi connectivity index (χ2v) is 10.2. The van der Waals surface area contributed by atoms with Crippen LogP contribution in [0.1, 0.15) is 88.0 Å². The topological polar surface area (TPSA) is 52.6 Å². The van der Waals surface area contributed by atoms with Gasteiger partial charge in [0.05, 0.1) is 5.41 Å². The Kier molecular flexibility index (Phi) is 6.40. The third-order valence-corrected chi connectivity index (χ3v) is 5.97. The normalized spacial score (nSPS) is 18.4. The smallest absolute Gasteiger partial charge is 0.344 e. The average molecular weight is 355 g/mol. The minimum atomic E-state index is -0.660. The quantitative estimate of drug-likeness (QED) is 0.566. The zero-order chi connectivity index (χ0) is 19.7. The summed E-state index contributed by atoms with van der Waals surface area (Å²) in [7, 11) is 0. The van der Waals surface area contributed by atoms with Crippen LogP contribution in [0, 0.1) is 22.2 Å². The van der Waals surface area contributed by atoms with E-state index in [1.54, 1.807) is 0 Å². The van der Waals surface area contributed by atoms with Crippen LogP contribution in [-0.2, 0) is 19.1 Å². The van der Waals surface area contributed by atoms with Crippen molar-refractivity contribution in [1.29, 1.82) is 0 Å². The summed E-state index contributed by atoms with van der Waals surface area (Å²) >= 11 is 0. The van der Waals surface area contributed by atoms with Crippen LogP contribution in [0.4, 0.5) is 0 Å². The lowest BCUT2D eigenvalue weighted by atomic mass is 9.59. The van der Waals surface area contributed by atoms with Crippen molar-refractivity contribution in [3.8, 4) is 0 Å². The second kappa shape index (κ2) is 7.28. The molecule has 1 atom stereocenters. The van der Waals surface area contributed by atoms with E-state index in [-0.39, 0.29) is 23.4 Å². The molecule has 4 heteroatoms. The first-order chi connectivity index (χ1) is 11.1. The first kappa shape index (κ1) is 22.0. The Morgan fingerprint density at radius 2 is 1.48 bits per heavy atom. The van der Waals surface area contributed by atoms with Crippen molar-refractivity contribution in [3.05, 3.63) is 0 Å². The minimum Gasteiger partial charge on any atom is -0.457 e. The van der Waals surface area contributed by atoms with Gasteiger partial charge >= 0.3 is 11.9 Å². The molecule has 0 aromatic rings.